The monoisotopic (exact) mass is 265 g/mol. The average molecular weight is 266 g/mol. The highest BCUT2D eigenvalue weighted by Gasteiger charge is 1.99. The summed E-state index contributed by atoms with van der Waals surface area (Å²) >= 11 is 1.75. The van der Waals surface area contributed by atoms with Gasteiger partial charge in [-0.1, -0.05) is 6.07 Å². The van der Waals surface area contributed by atoms with Crippen LogP contribution < -0.4 is 5.73 Å². The van der Waals surface area contributed by atoms with Gasteiger partial charge in [0.05, 0.1) is 5.03 Å². The third kappa shape index (κ3) is 3.28. The van der Waals surface area contributed by atoms with Gasteiger partial charge in [-0.25, -0.2) is 4.98 Å². The van der Waals surface area contributed by atoms with E-state index >= 15 is 0 Å². The predicted molar refractivity (Wildman–Crippen MR) is 69.5 cm³/mol. The van der Waals surface area contributed by atoms with Gasteiger partial charge in [-0.15, -0.1) is 36.6 Å². The lowest BCUT2D eigenvalue weighted by Crippen LogP contribution is -2.01. The van der Waals surface area contributed by atoms with Crippen molar-refractivity contribution in [2.45, 2.75) is 5.03 Å². The maximum Gasteiger partial charge on any atom is 0.137 e. The van der Waals surface area contributed by atoms with Gasteiger partial charge in [-0.05, 0) is 12.1 Å². The van der Waals surface area contributed by atoms with Crippen LogP contribution in [0, 0.1) is 0 Å². The van der Waals surface area contributed by atoms with E-state index in [0.29, 0.717) is 6.54 Å². The van der Waals surface area contributed by atoms with Gasteiger partial charge >= 0.3 is 0 Å². The summed E-state index contributed by atoms with van der Waals surface area (Å²) in [5, 5.41) is 1.19. The van der Waals surface area contributed by atoms with Crippen LogP contribution >= 0.6 is 36.6 Å². The van der Waals surface area contributed by atoms with E-state index in [2.05, 4.69) is 15.5 Å². The van der Waals surface area contributed by atoms with Crippen LogP contribution in [-0.2, 0) is 0 Å². The van der Waals surface area contributed by atoms with Gasteiger partial charge in [0.15, 0.2) is 0 Å². The zero-order valence-electron chi connectivity index (χ0n) is 8.00. The first-order valence-corrected chi connectivity index (χ1v) is 5.15. The molecule has 15 heavy (non-hydrogen) atoms. The van der Waals surface area contributed by atoms with E-state index in [1.165, 1.54) is 5.03 Å². The lowest BCUT2D eigenvalue weighted by atomic mass is 10.5. The highest BCUT2D eigenvalue weighted by molar-refractivity contribution is 7.99. The highest BCUT2D eigenvalue weighted by Crippen LogP contribution is 2.18. The van der Waals surface area contributed by atoms with Gasteiger partial charge < -0.3 is 5.73 Å². The summed E-state index contributed by atoms with van der Waals surface area (Å²) in [4.78, 5) is 4.21. The van der Waals surface area contributed by atoms with E-state index in [1.54, 1.807) is 11.8 Å². The molecule has 0 radical (unpaired) electrons. The molecule has 2 aromatic heterocycles. The first kappa shape index (κ1) is 14.6. The summed E-state index contributed by atoms with van der Waals surface area (Å²) in [7, 11) is 0. The Morgan fingerprint density at radius 2 is 2.13 bits per heavy atom. The molecule has 0 atom stereocenters. The Hall–Kier alpha value is -0.420. The Morgan fingerprint density at radius 3 is 2.87 bits per heavy atom. The highest BCUT2D eigenvalue weighted by atomic mass is 35.5. The summed E-state index contributed by atoms with van der Waals surface area (Å²) in [6.45, 7) is 0.704. The quantitative estimate of drug-likeness (QED) is 0.866. The molecule has 0 aromatic carbocycles. The number of imidazole rings is 1. The maximum absolute atomic E-state index is 5.45. The average Bonchev–Trinajstić information content (AvgIpc) is 2.62. The second-order valence-corrected chi connectivity index (χ2v) is 3.77. The molecule has 6 heteroatoms. The van der Waals surface area contributed by atoms with Crippen molar-refractivity contribution in [2.24, 2.45) is 5.73 Å². The minimum Gasteiger partial charge on any atom is -0.330 e. The van der Waals surface area contributed by atoms with Crippen LogP contribution in [0.4, 0.5) is 0 Å². The van der Waals surface area contributed by atoms with Crippen molar-refractivity contribution in [3.63, 3.8) is 0 Å². The molecule has 0 aliphatic rings. The molecule has 0 aliphatic heterocycles. The van der Waals surface area contributed by atoms with Crippen LogP contribution in [0.2, 0.25) is 0 Å². The van der Waals surface area contributed by atoms with Crippen molar-refractivity contribution in [2.75, 3.05) is 12.3 Å². The molecule has 0 saturated carbocycles. The molecule has 0 amide bonds. The molecule has 0 bridgehead atoms. The summed E-state index contributed by atoms with van der Waals surface area (Å²) in [6.07, 6.45) is 3.77. The fourth-order valence-corrected chi connectivity index (χ4v) is 2.00. The topological polar surface area (TPSA) is 43.3 Å². The largest absolute Gasteiger partial charge is 0.330 e. The first-order chi connectivity index (χ1) is 6.42. The zero-order chi connectivity index (χ0) is 9.10. The smallest absolute Gasteiger partial charge is 0.137 e. The number of thioether (sulfide) groups is 1. The van der Waals surface area contributed by atoms with Crippen LogP contribution in [0.3, 0.4) is 0 Å². The lowest BCUT2D eigenvalue weighted by Gasteiger charge is -2.02. The molecule has 2 heterocycles. The molecule has 0 unspecified atom stereocenters. The van der Waals surface area contributed by atoms with E-state index in [-0.39, 0.29) is 24.8 Å². The minimum absolute atomic E-state index is 0. The number of halogens is 2. The molecule has 84 valence electrons. The third-order valence-corrected chi connectivity index (χ3v) is 2.83. The Morgan fingerprint density at radius 1 is 1.33 bits per heavy atom. The van der Waals surface area contributed by atoms with Crippen LogP contribution in [0.1, 0.15) is 0 Å². The molecular formula is C9H13Cl2N3S. The van der Waals surface area contributed by atoms with E-state index in [0.717, 1.165) is 11.4 Å². The Bertz CT molecular complexity index is 405. The second-order valence-electron chi connectivity index (χ2n) is 2.66. The Balaban J connectivity index is 0.000000980. The second kappa shape index (κ2) is 6.95. The summed E-state index contributed by atoms with van der Waals surface area (Å²) in [6, 6.07) is 6.09. The van der Waals surface area contributed by atoms with Gasteiger partial charge in [0, 0.05) is 24.7 Å². The number of fused-ring (bicyclic) bond motifs is 1. The molecule has 0 saturated heterocycles. The molecule has 3 nitrogen and oxygen atoms in total. The number of hydrogen-bond donors (Lipinski definition) is 1. The van der Waals surface area contributed by atoms with Crippen LogP contribution in [-0.4, -0.2) is 21.7 Å². The molecule has 0 aliphatic carbocycles. The van der Waals surface area contributed by atoms with Crippen LogP contribution in [0.15, 0.2) is 35.6 Å². The van der Waals surface area contributed by atoms with Gasteiger partial charge in [0.2, 0.25) is 0 Å². The van der Waals surface area contributed by atoms with E-state index in [1.807, 2.05) is 24.5 Å². The van der Waals surface area contributed by atoms with E-state index in [4.69, 9.17) is 5.73 Å². The van der Waals surface area contributed by atoms with Crippen molar-refractivity contribution >= 4 is 42.2 Å². The number of rotatable bonds is 3. The fraction of sp³-hybridized carbons (Fsp3) is 0.222. The van der Waals surface area contributed by atoms with Crippen molar-refractivity contribution in [1.82, 2.24) is 9.38 Å². The number of hydrogen-bond acceptors (Lipinski definition) is 3. The van der Waals surface area contributed by atoms with Crippen molar-refractivity contribution in [3.05, 3.63) is 30.6 Å². The predicted octanol–water partition coefficient (Wildman–Crippen LogP) is 2.23. The Labute approximate surface area is 105 Å². The SMILES string of the molecule is Cl.Cl.NCCSc1cccc2nccn12. The number of aromatic nitrogens is 2. The summed E-state index contributed by atoms with van der Waals surface area (Å²) in [5.41, 5.74) is 6.44. The lowest BCUT2D eigenvalue weighted by molar-refractivity contribution is 1.02. The van der Waals surface area contributed by atoms with Gasteiger partial charge in [-0.2, -0.15) is 0 Å². The molecular weight excluding hydrogens is 253 g/mol. The van der Waals surface area contributed by atoms with E-state index < -0.39 is 0 Å². The molecule has 0 spiro atoms. The fourth-order valence-electron chi connectivity index (χ4n) is 1.20. The third-order valence-electron chi connectivity index (χ3n) is 1.76. The van der Waals surface area contributed by atoms with Gasteiger partial charge in [0.25, 0.3) is 0 Å². The van der Waals surface area contributed by atoms with Crippen molar-refractivity contribution in [1.29, 1.82) is 0 Å². The Kier molecular flexibility index (Phi) is 6.76. The normalized spacial score (nSPS) is 9.40. The van der Waals surface area contributed by atoms with Gasteiger partial charge in [0.1, 0.15) is 5.65 Å². The molecule has 2 N–H and O–H groups in total. The number of nitrogens with zero attached hydrogens (tertiary/aromatic N) is 2. The molecule has 2 aromatic rings. The number of pyridine rings is 1. The zero-order valence-corrected chi connectivity index (χ0v) is 10.4. The molecule has 2 rings (SSSR count). The number of nitrogens with two attached hydrogens (primary N) is 1. The summed E-state index contributed by atoms with van der Waals surface area (Å²) in [5.74, 6) is 0.942. The standard InChI is InChI=1S/C9H11N3S.2ClH/c10-4-7-13-9-3-1-2-8-11-5-6-12(8)9;;/h1-3,5-6H,4,7,10H2;2*1H. The van der Waals surface area contributed by atoms with Crippen molar-refractivity contribution < 1.29 is 0 Å². The first-order valence-electron chi connectivity index (χ1n) is 4.17. The molecule has 0 fully saturated rings. The maximum atomic E-state index is 5.45. The van der Waals surface area contributed by atoms with Gasteiger partial charge in [-0.3, -0.25) is 4.40 Å². The minimum atomic E-state index is 0. The van der Waals surface area contributed by atoms with Crippen LogP contribution in [0.5, 0.6) is 0 Å². The van der Waals surface area contributed by atoms with Crippen molar-refractivity contribution in [3.8, 4) is 0 Å². The van der Waals surface area contributed by atoms with Crippen LogP contribution in [0.25, 0.3) is 5.65 Å². The van der Waals surface area contributed by atoms with E-state index in [9.17, 15) is 0 Å². The summed E-state index contributed by atoms with van der Waals surface area (Å²) < 4.78 is 2.07.